The van der Waals surface area contributed by atoms with Gasteiger partial charge in [-0.25, -0.2) is 9.37 Å². The van der Waals surface area contributed by atoms with Crippen molar-refractivity contribution in [3.05, 3.63) is 119 Å². The van der Waals surface area contributed by atoms with Crippen LogP contribution in [0.1, 0.15) is 38.6 Å². The van der Waals surface area contributed by atoms with Gasteiger partial charge < -0.3 is 9.73 Å². The van der Waals surface area contributed by atoms with E-state index in [1.54, 1.807) is 24.5 Å². The van der Waals surface area contributed by atoms with Crippen molar-refractivity contribution in [2.45, 2.75) is 33.1 Å². The molecule has 2 heterocycles. The van der Waals surface area contributed by atoms with Gasteiger partial charge >= 0.3 is 0 Å². The molecule has 6 nitrogen and oxygen atoms in total. The molecular formula is C26H25FN4O2. The lowest BCUT2D eigenvalue weighted by Gasteiger charge is -2.21. The number of halogens is 1. The van der Waals surface area contributed by atoms with Gasteiger partial charge in [-0.2, -0.15) is 0 Å². The van der Waals surface area contributed by atoms with Crippen LogP contribution in [0, 0.1) is 12.7 Å². The van der Waals surface area contributed by atoms with E-state index in [2.05, 4.69) is 44.5 Å². The van der Waals surface area contributed by atoms with Gasteiger partial charge in [-0.3, -0.25) is 14.7 Å². The highest BCUT2D eigenvalue weighted by atomic mass is 19.1. The summed E-state index contributed by atoms with van der Waals surface area (Å²) in [5.41, 5.74) is 4.44. The molecule has 0 radical (unpaired) electrons. The van der Waals surface area contributed by atoms with Crippen LogP contribution in [0.3, 0.4) is 0 Å². The van der Waals surface area contributed by atoms with E-state index in [4.69, 9.17) is 4.42 Å². The van der Waals surface area contributed by atoms with E-state index in [0.717, 1.165) is 16.7 Å². The first-order chi connectivity index (χ1) is 16.0. The molecule has 33 heavy (non-hydrogen) atoms. The Morgan fingerprint density at radius 1 is 0.970 bits per heavy atom. The zero-order valence-electron chi connectivity index (χ0n) is 18.4. The quantitative estimate of drug-likeness (QED) is 0.407. The molecule has 0 aliphatic rings. The van der Waals surface area contributed by atoms with Crippen molar-refractivity contribution in [2.75, 3.05) is 0 Å². The van der Waals surface area contributed by atoms with Crippen LogP contribution < -0.4 is 5.32 Å². The van der Waals surface area contributed by atoms with Gasteiger partial charge in [0.25, 0.3) is 5.91 Å². The third kappa shape index (κ3) is 6.57. The lowest BCUT2D eigenvalue weighted by Crippen LogP contribution is -2.24. The molecule has 168 valence electrons. The fraction of sp³-hybridized carbons (Fsp3) is 0.192. The fourth-order valence-corrected chi connectivity index (χ4v) is 3.42. The minimum Gasteiger partial charge on any atom is -0.447 e. The molecule has 2 aromatic carbocycles. The number of nitrogens with one attached hydrogen (secondary N) is 1. The number of nitrogens with zero attached hydrogens (tertiary/aromatic N) is 3. The highest BCUT2D eigenvalue weighted by Crippen LogP contribution is 2.15. The third-order valence-corrected chi connectivity index (χ3v) is 5.17. The van der Waals surface area contributed by atoms with E-state index < -0.39 is 0 Å². The molecule has 0 saturated carbocycles. The van der Waals surface area contributed by atoms with E-state index >= 15 is 0 Å². The summed E-state index contributed by atoms with van der Waals surface area (Å²) in [5.74, 6) is -0.133. The molecular weight excluding hydrogens is 419 g/mol. The highest BCUT2D eigenvalue weighted by molar-refractivity contribution is 5.91. The van der Waals surface area contributed by atoms with E-state index in [9.17, 15) is 9.18 Å². The minimum absolute atomic E-state index is 0.228. The van der Waals surface area contributed by atoms with Gasteiger partial charge in [0.15, 0.2) is 5.69 Å². The highest BCUT2D eigenvalue weighted by Gasteiger charge is 2.16. The summed E-state index contributed by atoms with van der Waals surface area (Å²) < 4.78 is 18.9. The van der Waals surface area contributed by atoms with Crippen LogP contribution in [0.2, 0.25) is 0 Å². The van der Waals surface area contributed by atoms with Crippen LogP contribution in [-0.2, 0) is 26.2 Å². The van der Waals surface area contributed by atoms with Crippen LogP contribution in [0.25, 0.3) is 0 Å². The maximum absolute atomic E-state index is 13.3. The first kappa shape index (κ1) is 22.4. The van der Waals surface area contributed by atoms with Gasteiger partial charge in [0, 0.05) is 32.0 Å². The Morgan fingerprint density at radius 3 is 2.33 bits per heavy atom. The van der Waals surface area contributed by atoms with Gasteiger partial charge in [0.05, 0.1) is 6.54 Å². The topological polar surface area (TPSA) is 71.3 Å². The van der Waals surface area contributed by atoms with Crippen molar-refractivity contribution in [1.82, 2.24) is 20.2 Å². The minimum atomic E-state index is -0.308. The molecule has 0 aliphatic heterocycles. The summed E-state index contributed by atoms with van der Waals surface area (Å²) in [6.07, 6.45) is 4.76. The number of hydrogen-bond donors (Lipinski definition) is 1. The monoisotopic (exact) mass is 444 g/mol. The Balaban J connectivity index is 1.43. The summed E-state index contributed by atoms with van der Waals surface area (Å²) in [7, 11) is 0. The number of aryl methyl sites for hydroxylation is 1. The van der Waals surface area contributed by atoms with Crippen molar-refractivity contribution < 1.29 is 13.6 Å². The zero-order valence-corrected chi connectivity index (χ0v) is 18.4. The smallest absolute Gasteiger partial charge is 0.273 e. The molecule has 0 atom stereocenters. The molecule has 0 spiro atoms. The largest absolute Gasteiger partial charge is 0.447 e. The number of amides is 1. The van der Waals surface area contributed by atoms with Crippen LogP contribution >= 0.6 is 0 Å². The Morgan fingerprint density at radius 2 is 1.67 bits per heavy atom. The average Bonchev–Trinajstić information content (AvgIpc) is 3.30. The molecule has 2 aromatic heterocycles. The summed E-state index contributed by atoms with van der Waals surface area (Å²) in [5, 5.41) is 2.82. The van der Waals surface area contributed by atoms with Crippen LogP contribution in [0.15, 0.2) is 83.7 Å². The van der Waals surface area contributed by atoms with Gasteiger partial charge in [-0.15, -0.1) is 0 Å². The van der Waals surface area contributed by atoms with E-state index in [1.165, 1.54) is 24.0 Å². The van der Waals surface area contributed by atoms with Gasteiger partial charge in [0.1, 0.15) is 12.1 Å². The van der Waals surface area contributed by atoms with E-state index in [1.807, 2.05) is 19.1 Å². The number of aromatic nitrogens is 2. The van der Waals surface area contributed by atoms with Crippen molar-refractivity contribution in [3.63, 3.8) is 0 Å². The Hall–Kier alpha value is -3.84. The number of hydrogen-bond acceptors (Lipinski definition) is 5. The second kappa shape index (κ2) is 10.7. The predicted octanol–water partition coefficient (Wildman–Crippen LogP) is 4.65. The number of oxazole rings is 1. The first-order valence-electron chi connectivity index (χ1n) is 10.7. The lowest BCUT2D eigenvalue weighted by molar-refractivity contribution is 0.0945. The second-order valence-corrected chi connectivity index (χ2v) is 7.93. The summed E-state index contributed by atoms with van der Waals surface area (Å²) >= 11 is 0. The zero-order chi connectivity index (χ0) is 23.0. The number of carbonyl (C=O) groups excluding carboxylic acids is 1. The maximum Gasteiger partial charge on any atom is 0.273 e. The Bertz CT molecular complexity index is 1130. The molecule has 0 bridgehead atoms. The summed E-state index contributed by atoms with van der Waals surface area (Å²) in [6.45, 7) is 4.05. The molecule has 0 aliphatic carbocycles. The molecule has 0 saturated heterocycles. The maximum atomic E-state index is 13.3. The summed E-state index contributed by atoms with van der Waals surface area (Å²) in [4.78, 5) is 23.0. The molecule has 1 N–H and O–H groups in total. The molecule has 7 heteroatoms. The SMILES string of the molecule is Cc1ccc(CN(Cc2ccc(F)cc2)Cc2nc(C(=O)NCc3cccnc3)co2)cc1. The van der Waals surface area contributed by atoms with Crippen molar-refractivity contribution in [1.29, 1.82) is 0 Å². The second-order valence-electron chi connectivity index (χ2n) is 7.93. The predicted molar refractivity (Wildman–Crippen MR) is 122 cm³/mol. The third-order valence-electron chi connectivity index (χ3n) is 5.17. The average molecular weight is 445 g/mol. The number of benzene rings is 2. The van der Waals surface area contributed by atoms with Crippen molar-refractivity contribution in [2.24, 2.45) is 0 Å². The number of rotatable bonds is 9. The first-order valence-corrected chi connectivity index (χ1v) is 10.7. The Labute approximate surface area is 192 Å². The molecule has 1 amide bonds. The van der Waals surface area contributed by atoms with Gasteiger partial charge in [-0.1, -0.05) is 48.0 Å². The van der Waals surface area contributed by atoms with Crippen LogP contribution in [-0.4, -0.2) is 20.8 Å². The van der Waals surface area contributed by atoms with Gasteiger partial charge in [0.2, 0.25) is 5.89 Å². The van der Waals surface area contributed by atoms with Crippen molar-refractivity contribution >= 4 is 5.91 Å². The van der Waals surface area contributed by atoms with Crippen LogP contribution in [0.5, 0.6) is 0 Å². The van der Waals surface area contributed by atoms with E-state index in [0.29, 0.717) is 32.1 Å². The normalized spacial score (nSPS) is 11.0. The molecule has 0 unspecified atom stereocenters. The Kier molecular flexibility index (Phi) is 7.22. The molecule has 4 aromatic rings. The molecule has 0 fully saturated rings. The van der Waals surface area contributed by atoms with Crippen LogP contribution in [0.4, 0.5) is 4.39 Å². The standard InChI is InChI=1S/C26H25FN4O2/c1-19-4-6-20(7-5-19)15-31(16-21-8-10-23(27)11-9-21)17-25-30-24(18-33-25)26(32)29-14-22-3-2-12-28-13-22/h2-13,18H,14-17H2,1H3,(H,29,32). The van der Waals surface area contributed by atoms with Crippen molar-refractivity contribution in [3.8, 4) is 0 Å². The van der Waals surface area contributed by atoms with Gasteiger partial charge in [-0.05, 0) is 41.8 Å². The number of pyridine rings is 1. The number of carbonyl (C=O) groups is 1. The molecule has 4 rings (SSSR count). The fourth-order valence-electron chi connectivity index (χ4n) is 3.42. The van der Waals surface area contributed by atoms with E-state index in [-0.39, 0.29) is 17.4 Å². The lowest BCUT2D eigenvalue weighted by atomic mass is 10.1. The summed E-state index contributed by atoms with van der Waals surface area (Å²) in [6, 6.07) is 18.5.